The van der Waals surface area contributed by atoms with Gasteiger partial charge in [0.1, 0.15) is 11.4 Å². The molecule has 0 radical (unpaired) electrons. The first-order valence-corrected chi connectivity index (χ1v) is 6.88. The molecule has 1 N–H and O–H groups in total. The van der Waals surface area contributed by atoms with Crippen molar-refractivity contribution in [1.82, 2.24) is 5.32 Å². The molecule has 0 bridgehead atoms. The average Bonchev–Trinajstić information content (AvgIpc) is 2.72. The lowest BCUT2D eigenvalue weighted by Crippen LogP contribution is -2.30. The smallest absolute Gasteiger partial charge is 0.392 e. The molecule has 1 aliphatic rings. The Bertz CT molecular complexity index is 612. The minimum atomic E-state index is -4.37. The van der Waals surface area contributed by atoms with Gasteiger partial charge in [0.15, 0.2) is 5.11 Å². The number of nitrogens with one attached hydrogen (secondary N) is 1. The summed E-state index contributed by atoms with van der Waals surface area (Å²) in [7, 11) is 0. The maximum Gasteiger partial charge on any atom is 0.392 e. The van der Waals surface area contributed by atoms with E-state index in [-0.39, 0.29) is 10.8 Å². The highest BCUT2D eigenvalue weighted by Crippen LogP contribution is 2.26. The largest absolute Gasteiger partial charge is 0.494 e. The number of anilines is 1. The van der Waals surface area contributed by atoms with E-state index in [9.17, 15) is 18.0 Å². The van der Waals surface area contributed by atoms with Crippen LogP contribution in [0, 0.1) is 0 Å². The van der Waals surface area contributed by atoms with Gasteiger partial charge in [-0.3, -0.25) is 9.69 Å². The molecular weight excluding hydrogens is 317 g/mol. The van der Waals surface area contributed by atoms with Crippen molar-refractivity contribution in [3.63, 3.8) is 0 Å². The molecule has 0 saturated carbocycles. The number of nitrogens with zero attached hydrogens (tertiary/aromatic N) is 1. The highest BCUT2D eigenvalue weighted by Gasteiger charge is 2.33. The molecule has 1 heterocycles. The number of carbonyl (C=O) groups is 1. The second-order valence-electron chi connectivity index (χ2n) is 4.43. The van der Waals surface area contributed by atoms with E-state index >= 15 is 0 Å². The summed E-state index contributed by atoms with van der Waals surface area (Å²) >= 11 is 5.01. The van der Waals surface area contributed by atoms with Crippen molar-refractivity contribution in [2.45, 2.75) is 19.5 Å². The van der Waals surface area contributed by atoms with E-state index < -0.39 is 18.5 Å². The van der Waals surface area contributed by atoms with Gasteiger partial charge in [-0.25, -0.2) is 0 Å². The molecule has 4 nitrogen and oxygen atoms in total. The Morgan fingerprint density at radius 2 is 1.95 bits per heavy atom. The average molecular weight is 330 g/mol. The lowest BCUT2D eigenvalue weighted by atomic mass is 10.2. The van der Waals surface area contributed by atoms with Gasteiger partial charge in [0.2, 0.25) is 0 Å². The molecule has 0 spiro atoms. The van der Waals surface area contributed by atoms with Crippen LogP contribution in [0.3, 0.4) is 0 Å². The molecular formula is C14H13F3N2O2S. The number of benzene rings is 1. The summed E-state index contributed by atoms with van der Waals surface area (Å²) in [6.07, 6.45) is -4.77. The van der Waals surface area contributed by atoms with Gasteiger partial charge in [0.25, 0.3) is 5.91 Å². The first-order chi connectivity index (χ1) is 10.3. The van der Waals surface area contributed by atoms with Gasteiger partial charge >= 0.3 is 6.18 Å². The maximum atomic E-state index is 12.2. The second kappa shape index (κ2) is 6.35. The minimum absolute atomic E-state index is 0.0441. The summed E-state index contributed by atoms with van der Waals surface area (Å²) in [5, 5.41) is 2.55. The van der Waals surface area contributed by atoms with E-state index in [4.69, 9.17) is 17.0 Å². The molecule has 8 heteroatoms. The van der Waals surface area contributed by atoms with Crippen LogP contribution in [0.4, 0.5) is 18.9 Å². The molecule has 0 aromatic heterocycles. The molecule has 0 atom stereocenters. The van der Waals surface area contributed by atoms with Crippen LogP contribution >= 0.6 is 12.2 Å². The number of alkyl halides is 3. The molecule has 1 fully saturated rings. The van der Waals surface area contributed by atoms with Crippen molar-refractivity contribution in [2.75, 3.05) is 11.5 Å². The number of allylic oxidation sites excluding steroid dienone is 1. The van der Waals surface area contributed by atoms with Crippen LogP contribution in [0.25, 0.3) is 0 Å². The number of hydrogen-bond acceptors (Lipinski definition) is 3. The third kappa shape index (κ3) is 3.76. The summed E-state index contributed by atoms with van der Waals surface area (Å²) in [6, 6.07) is 6.55. The first-order valence-electron chi connectivity index (χ1n) is 6.47. The SMILES string of the molecule is CCOc1ccc(N2C(=O)/C(=C\CC(F)(F)F)NC2=S)cc1. The van der Waals surface area contributed by atoms with E-state index in [1.807, 2.05) is 6.92 Å². The second-order valence-corrected chi connectivity index (χ2v) is 4.82. The monoisotopic (exact) mass is 330 g/mol. The van der Waals surface area contributed by atoms with E-state index in [0.29, 0.717) is 18.0 Å². The Hall–Kier alpha value is -2.09. The number of carbonyl (C=O) groups excluding carboxylic acids is 1. The van der Waals surface area contributed by atoms with Crippen molar-refractivity contribution in [3.05, 3.63) is 36.0 Å². The van der Waals surface area contributed by atoms with Crippen LogP contribution < -0.4 is 15.0 Å². The molecule has 1 aliphatic heterocycles. The molecule has 1 aromatic rings. The quantitative estimate of drug-likeness (QED) is 0.680. The summed E-state index contributed by atoms with van der Waals surface area (Å²) in [5.74, 6) is 0.0167. The van der Waals surface area contributed by atoms with Crippen LogP contribution in [-0.4, -0.2) is 23.8 Å². The maximum absolute atomic E-state index is 12.2. The lowest BCUT2D eigenvalue weighted by Gasteiger charge is -2.14. The summed E-state index contributed by atoms with van der Waals surface area (Å²) in [5.41, 5.74) is 0.289. The third-order valence-corrected chi connectivity index (χ3v) is 3.11. The van der Waals surface area contributed by atoms with Gasteiger partial charge in [-0.2, -0.15) is 13.2 Å². The van der Waals surface area contributed by atoms with Crippen LogP contribution in [0.5, 0.6) is 5.75 Å². The molecule has 118 valence electrons. The zero-order valence-electron chi connectivity index (χ0n) is 11.6. The molecule has 0 aliphatic carbocycles. The zero-order chi connectivity index (χ0) is 16.3. The first kappa shape index (κ1) is 16.3. The van der Waals surface area contributed by atoms with Crippen molar-refractivity contribution in [1.29, 1.82) is 0 Å². The van der Waals surface area contributed by atoms with Gasteiger partial charge in [-0.05, 0) is 49.5 Å². The molecule has 1 amide bonds. The Morgan fingerprint density at radius 1 is 1.32 bits per heavy atom. The summed E-state index contributed by atoms with van der Waals surface area (Å²) in [6.45, 7) is 2.35. The zero-order valence-corrected chi connectivity index (χ0v) is 12.4. The van der Waals surface area contributed by atoms with Crippen LogP contribution in [0.1, 0.15) is 13.3 Å². The predicted octanol–water partition coefficient (Wildman–Crippen LogP) is 3.14. The Morgan fingerprint density at radius 3 is 2.50 bits per heavy atom. The number of hydrogen-bond donors (Lipinski definition) is 1. The van der Waals surface area contributed by atoms with Gasteiger partial charge in [-0.15, -0.1) is 0 Å². The number of halogens is 3. The predicted molar refractivity (Wildman–Crippen MR) is 79.6 cm³/mol. The van der Waals surface area contributed by atoms with Crippen LogP contribution in [-0.2, 0) is 4.79 Å². The molecule has 0 unspecified atom stereocenters. The number of rotatable bonds is 4. The normalized spacial score (nSPS) is 17.1. The molecule has 1 aromatic carbocycles. The minimum Gasteiger partial charge on any atom is -0.494 e. The fourth-order valence-electron chi connectivity index (χ4n) is 1.89. The van der Waals surface area contributed by atoms with E-state index in [1.165, 1.54) is 0 Å². The topological polar surface area (TPSA) is 41.6 Å². The van der Waals surface area contributed by atoms with Crippen molar-refractivity contribution in [3.8, 4) is 5.75 Å². The van der Waals surface area contributed by atoms with Gasteiger partial charge in [0.05, 0.1) is 18.7 Å². The standard InChI is InChI=1S/C14H13F3N2O2S/c1-2-21-10-5-3-9(4-6-10)19-12(20)11(18-13(19)22)7-8-14(15,16)17/h3-7H,2,8H2,1H3,(H,18,22)/b11-7+. The van der Waals surface area contributed by atoms with Crippen molar-refractivity contribution < 1.29 is 22.7 Å². The molecule has 1 saturated heterocycles. The highest BCUT2D eigenvalue weighted by atomic mass is 32.1. The van der Waals surface area contributed by atoms with Crippen LogP contribution in [0.2, 0.25) is 0 Å². The lowest BCUT2D eigenvalue weighted by molar-refractivity contribution is -0.125. The summed E-state index contributed by atoms with van der Waals surface area (Å²) in [4.78, 5) is 13.3. The van der Waals surface area contributed by atoms with Crippen molar-refractivity contribution >= 4 is 28.9 Å². The number of ether oxygens (including phenoxy) is 1. The van der Waals surface area contributed by atoms with Gasteiger partial charge in [0, 0.05) is 0 Å². The van der Waals surface area contributed by atoms with Gasteiger partial charge in [-0.1, -0.05) is 0 Å². The highest BCUT2D eigenvalue weighted by molar-refractivity contribution is 7.80. The van der Waals surface area contributed by atoms with Gasteiger partial charge < -0.3 is 10.1 Å². The fourth-order valence-corrected chi connectivity index (χ4v) is 2.18. The summed E-state index contributed by atoms with van der Waals surface area (Å²) < 4.78 is 42.0. The number of amides is 1. The molecule has 2 rings (SSSR count). The van der Waals surface area contributed by atoms with E-state index in [0.717, 1.165) is 11.0 Å². The Labute approximate surface area is 130 Å². The van der Waals surface area contributed by atoms with E-state index in [2.05, 4.69) is 5.32 Å². The van der Waals surface area contributed by atoms with Crippen LogP contribution in [0.15, 0.2) is 36.0 Å². The Balaban J connectivity index is 2.18. The fraction of sp³-hybridized carbons (Fsp3) is 0.286. The van der Waals surface area contributed by atoms with E-state index in [1.54, 1.807) is 24.3 Å². The molecule has 22 heavy (non-hydrogen) atoms. The third-order valence-electron chi connectivity index (χ3n) is 2.82. The van der Waals surface area contributed by atoms with Crippen molar-refractivity contribution in [2.24, 2.45) is 0 Å². The number of thiocarbonyl (C=S) groups is 1. The Kier molecular flexibility index (Phi) is 4.70.